The Hall–Kier alpha value is -0.870. The van der Waals surface area contributed by atoms with Crippen LogP contribution in [-0.4, -0.2) is 16.2 Å². The summed E-state index contributed by atoms with van der Waals surface area (Å²) >= 11 is 3.41. The Bertz CT molecular complexity index is 388. The van der Waals surface area contributed by atoms with E-state index in [4.69, 9.17) is 5.11 Å². The molecule has 0 bridgehead atoms. The summed E-state index contributed by atoms with van der Waals surface area (Å²) in [6.07, 6.45) is -1.21. The zero-order valence-corrected chi connectivity index (χ0v) is 10.2. The first-order valence-electron chi connectivity index (χ1n) is 4.59. The van der Waals surface area contributed by atoms with Gasteiger partial charge in [0.25, 0.3) is 0 Å². The van der Waals surface area contributed by atoms with Gasteiger partial charge in [-0.3, -0.25) is 4.79 Å². The molecule has 1 rings (SSSR count). The Labute approximate surface area is 96.9 Å². The molecule has 0 aliphatic carbocycles. The maximum absolute atomic E-state index is 10.5. The summed E-state index contributed by atoms with van der Waals surface area (Å²) in [5.41, 5.74) is 2.62. The van der Waals surface area contributed by atoms with Crippen LogP contribution in [0.4, 0.5) is 0 Å². The summed E-state index contributed by atoms with van der Waals surface area (Å²) in [7, 11) is 0. The van der Waals surface area contributed by atoms with E-state index in [1.807, 2.05) is 19.9 Å². The SMILES string of the molecule is Cc1ccc([C@@H](O)CC(=O)O)c(C)c1Br. The molecule has 1 aromatic carbocycles. The van der Waals surface area contributed by atoms with Gasteiger partial charge in [0.1, 0.15) is 0 Å². The maximum Gasteiger partial charge on any atom is 0.306 e. The zero-order valence-electron chi connectivity index (χ0n) is 8.62. The molecule has 0 saturated carbocycles. The number of rotatable bonds is 3. The van der Waals surface area contributed by atoms with Gasteiger partial charge in [-0.1, -0.05) is 28.1 Å². The molecule has 15 heavy (non-hydrogen) atoms. The van der Waals surface area contributed by atoms with Crippen molar-refractivity contribution in [2.24, 2.45) is 0 Å². The van der Waals surface area contributed by atoms with Gasteiger partial charge in [0, 0.05) is 4.47 Å². The maximum atomic E-state index is 10.5. The number of carboxylic acid groups (broad SMARTS) is 1. The second-order valence-electron chi connectivity index (χ2n) is 3.52. The minimum atomic E-state index is -1.00. The average molecular weight is 273 g/mol. The van der Waals surface area contributed by atoms with Crippen molar-refractivity contribution >= 4 is 21.9 Å². The minimum absolute atomic E-state index is 0.268. The molecule has 0 saturated heterocycles. The van der Waals surface area contributed by atoms with Crippen molar-refractivity contribution in [3.05, 3.63) is 33.3 Å². The topological polar surface area (TPSA) is 57.5 Å². The van der Waals surface area contributed by atoms with Crippen molar-refractivity contribution in [1.82, 2.24) is 0 Å². The number of aryl methyl sites for hydroxylation is 1. The van der Waals surface area contributed by atoms with Crippen LogP contribution in [0, 0.1) is 13.8 Å². The van der Waals surface area contributed by atoms with Crippen LogP contribution in [0.3, 0.4) is 0 Å². The van der Waals surface area contributed by atoms with Gasteiger partial charge in [-0.2, -0.15) is 0 Å². The quantitative estimate of drug-likeness (QED) is 0.889. The van der Waals surface area contributed by atoms with Crippen LogP contribution in [0.1, 0.15) is 29.2 Å². The lowest BCUT2D eigenvalue weighted by atomic mass is 9.99. The molecule has 0 radical (unpaired) electrons. The minimum Gasteiger partial charge on any atom is -0.481 e. The van der Waals surface area contributed by atoms with Crippen molar-refractivity contribution in [3.63, 3.8) is 0 Å². The normalized spacial score (nSPS) is 12.5. The third kappa shape index (κ3) is 2.79. The first kappa shape index (κ1) is 12.2. The van der Waals surface area contributed by atoms with Crippen LogP contribution < -0.4 is 0 Å². The molecule has 0 aromatic heterocycles. The number of aliphatic carboxylic acids is 1. The third-order valence-corrected chi connectivity index (χ3v) is 3.57. The molecule has 0 fully saturated rings. The molecule has 82 valence electrons. The fourth-order valence-electron chi connectivity index (χ4n) is 1.47. The number of benzene rings is 1. The van der Waals surface area contributed by atoms with Crippen LogP contribution in [0.5, 0.6) is 0 Å². The van der Waals surface area contributed by atoms with Gasteiger partial charge in [0.05, 0.1) is 12.5 Å². The zero-order chi connectivity index (χ0) is 11.6. The predicted molar refractivity (Wildman–Crippen MR) is 60.8 cm³/mol. The lowest BCUT2D eigenvalue weighted by Gasteiger charge is -2.14. The largest absolute Gasteiger partial charge is 0.481 e. The molecule has 0 amide bonds. The molecular formula is C11H13BrO3. The molecule has 0 aliphatic heterocycles. The molecule has 0 unspecified atom stereocenters. The molecule has 1 aromatic rings. The van der Waals surface area contributed by atoms with Crippen LogP contribution in [-0.2, 0) is 4.79 Å². The summed E-state index contributed by atoms with van der Waals surface area (Å²) in [5.74, 6) is -1.00. The summed E-state index contributed by atoms with van der Waals surface area (Å²) in [6, 6.07) is 3.63. The number of carboxylic acids is 1. The number of carbonyl (C=O) groups is 1. The van der Waals surface area contributed by atoms with E-state index in [1.165, 1.54) is 0 Å². The van der Waals surface area contributed by atoms with Crippen LogP contribution in [0.2, 0.25) is 0 Å². The summed E-state index contributed by atoms with van der Waals surface area (Å²) in [4.78, 5) is 10.5. The van der Waals surface area contributed by atoms with Crippen LogP contribution in [0.25, 0.3) is 0 Å². The predicted octanol–water partition coefficient (Wildman–Crippen LogP) is 2.57. The molecule has 0 aliphatic rings. The Morgan fingerprint density at radius 2 is 2.07 bits per heavy atom. The molecular weight excluding hydrogens is 260 g/mol. The molecule has 1 atom stereocenters. The highest BCUT2D eigenvalue weighted by atomic mass is 79.9. The lowest BCUT2D eigenvalue weighted by molar-refractivity contribution is -0.139. The number of aliphatic hydroxyl groups excluding tert-OH is 1. The fraction of sp³-hybridized carbons (Fsp3) is 0.364. The van der Waals surface area contributed by atoms with Gasteiger partial charge in [-0.05, 0) is 30.5 Å². The second-order valence-corrected chi connectivity index (χ2v) is 4.32. The van der Waals surface area contributed by atoms with Gasteiger partial charge in [0.2, 0.25) is 0 Å². The van der Waals surface area contributed by atoms with Gasteiger partial charge >= 0.3 is 5.97 Å². The van der Waals surface area contributed by atoms with E-state index < -0.39 is 12.1 Å². The molecule has 3 nitrogen and oxygen atoms in total. The smallest absolute Gasteiger partial charge is 0.306 e. The Balaban J connectivity index is 3.05. The highest BCUT2D eigenvalue weighted by Crippen LogP contribution is 2.29. The van der Waals surface area contributed by atoms with Gasteiger partial charge in [0.15, 0.2) is 0 Å². The van der Waals surface area contributed by atoms with Crippen molar-refractivity contribution in [1.29, 1.82) is 0 Å². The summed E-state index contributed by atoms with van der Waals surface area (Å²) in [5, 5.41) is 18.3. The highest BCUT2D eigenvalue weighted by Gasteiger charge is 2.16. The first-order valence-corrected chi connectivity index (χ1v) is 5.38. The van der Waals surface area contributed by atoms with E-state index >= 15 is 0 Å². The van der Waals surface area contributed by atoms with Crippen molar-refractivity contribution < 1.29 is 15.0 Å². The van der Waals surface area contributed by atoms with Gasteiger partial charge < -0.3 is 10.2 Å². The van der Waals surface area contributed by atoms with E-state index in [2.05, 4.69) is 15.9 Å². The standard InChI is InChI=1S/C11H13BrO3/c1-6-3-4-8(7(2)11(6)12)9(13)5-10(14)15/h3-4,9,13H,5H2,1-2H3,(H,14,15)/t9-/m0/s1. The van der Waals surface area contributed by atoms with Crippen molar-refractivity contribution in [3.8, 4) is 0 Å². The lowest BCUT2D eigenvalue weighted by Crippen LogP contribution is -2.07. The number of aliphatic hydroxyl groups is 1. The second kappa shape index (κ2) is 4.77. The molecule has 0 heterocycles. The monoisotopic (exact) mass is 272 g/mol. The molecule has 4 heteroatoms. The fourth-order valence-corrected chi connectivity index (χ4v) is 1.83. The number of halogens is 1. The van der Waals surface area contributed by atoms with Crippen molar-refractivity contribution in [2.75, 3.05) is 0 Å². The van der Waals surface area contributed by atoms with Crippen molar-refractivity contribution in [2.45, 2.75) is 26.4 Å². The third-order valence-electron chi connectivity index (χ3n) is 2.35. The summed E-state index contributed by atoms with van der Waals surface area (Å²) in [6.45, 7) is 3.81. The highest BCUT2D eigenvalue weighted by molar-refractivity contribution is 9.10. The van der Waals surface area contributed by atoms with E-state index in [1.54, 1.807) is 6.07 Å². The van der Waals surface area contributed by atoms with E-state index in [0.717, 1.165) is 15.6 Å². The van der Waals surface area contributed by atoms with Crippen LogP contribution in [0.15, 0.2) is 16.6 Å². The summed E-state index contributed by atoms with van der Waals surface area (Å²) < 4.78 is 0.921. The molecule has 0 spiro atoms. The number of hydrogen-bond donors (Lipinski definition) is 2. The van der Waals surface area contributed by atoms with E-state index in [9.17, 15) is 9.90 Å². The molecule has 2 N–H and O–H groups in total. The first-order chi connectivity index (χ1) is 6.93. The van der Waals surface area contributed by atoms with Gasteiger partial charge in [-0.25, -0.2) is 0 Å². The van der Waals surface area contributed by atoms with E-state index in [0.29, 0.717) is 5.56 Å². The van der Waals surface area contributed by atoms with Crippen LogP contribution >= 0.6 is 15.9 Å². The average Bonchev–Trinajstić information content (AvgIpc) is 2.13. The Kier molecular flexibility index (Phi) is 3.88. The Morgan fingerprint density at radius 3 is 2.60 bits per heavy atom. The van der Waals surface area contributed by atoms with Gasteiger partial charge in [-0.15, -0.1) is 0 Å². The van der Waals surface area contributed by atoms with E-state index in [-0.39, 0.29) is 6.42 Å². The number of hydrogen-bond acceptors (Lipinski definition) is 2. The Morgan fingerprint density at radius 1 is 1.47 bits per heavy atom.